The summed E-state index contributed by atoms with van der Waals surface area (Å²) in [5, 5.41) is 3.75. The molecule has 0 unspecified atom stereocenters. The van der Waals surface area contributed by atoms with Crippen molar-refractivity contribution in [3.05, 3.63) is 42.2 Å². The van der Waals surface area contributed by atoms with Crippen LogP contribution in [-0.4, -0.2) is 117 Å². The van der Waals surface area contributed by atoms with Crippen molar-refractivity contribution >= 4 is 42.5 Å². The molecule has 0 bridgehead atoms. The summed E-state index contributed by atoms with van der Waals surface area (Å²) in [6.45, 7) is 10.7. The summed E-state index contributed by atoms with van der Waals surface area (Å²) in [6, 6.07) is 14.0. The summed E-state index contributed by atoms with van der Waals surface area (Å²) >= 11 is 0. The zero-order valence-corrected chi connectivity index (χ0v) is 29.4. The van der Waals surface area contributed by atoms with E-state index in [2.05, 4.69) is 77.0 Å². The van der Waals surface area contributed by atoms with Gasteiger partial charge < -0.3 is 14.8 Å². The summed E-state index contributed by atoms with van der Waals surface area (Å²) in [5.41, 5.74) is 6.36. The number of nitrogens with zero attached hydrogens (tertiary/aromatic N) is 6. The molecule has 0 atom stereocenters. The predicted molar refractivity (Wildman–Crippen MR) is 187 cm³/mol. The SMILES string of the molecule is CC(C)N1CCN(c2ccc(-c3cc(NC4CCN(S(C)(=O)=O)CC4)c4nc(C5CCN(S(C)(=O)=O)CC5)n(C)c4c3)cc2)CC1. The molecule has 3 aliphatic rings. The molecular formula is C33H49N7O4S2. The van der Waals surface area contributed by atoms with Crippen molar-refractivity contribution in [3.8, 4) is 11.1 Å². The number of anilines is 2. The van der Waals surface area contributed by atoms with Gasteiger partial charge in [0.1, 0.15) is 11.3 Å². The van der Waals surface area contributed by atoms with Crippen molar-refractivity contribution in [2.75, 3.05) is 75.1 Å². The number of aryl methyl sites for hydroxylation is 1. The second-order valence-electron chi connectivity index (χ2n) is 13.6. The maximum absolute atomic E-state index is 12.1. The fourth-order valence-electron chi connectivity index (χ4n) is 7.31. The summed E-state index contributed by atoms with van der Waals surface area (Å²) in [4.78, 5) is 10.2. The van der Waals surface area contributed by atoms with E-state index in [0.717, 1.165) is 85.5 Å². The zero-order chi connectivity index (χ0) is 32.8. The quantitative estimate of drug-likeness (QED) is 0.386. The van der Waals surface area contributed by atoms with Crippen LogP contribution in [0.25, 0.3) is 22.2 Å². The lowest BCUT2D eigenvalue weighted by molar-refractivity contribution is 0.209. The maximum atomic E-state index is 12.1. The molecular weight excluding hydrogens is 623 g/mol. The van der Waals surface area contributed by atoms with E-state index in [0.29, 0.717) is 32.2 Å². The third kappa shape index (κ3) is 7.08. The molecule has 3 aromatic rings. The van der Waals surface area contributed by atoms with Gasteiger partial charge in [0.2, 0.25) is 20.0 Å². The van der Waals surface area contributed by atoms with Gasteiger partial charge in [0.15, 0.2) is 0 Å². The van der Waals surface area contributed by atoms with Gasteiger partial charge in [0, 0.05) is 83.1 Å². The summed E-state index contributed by atoms with van der Waals surface area (Å²) in [5.74, 6) is 1.14. The number of hydrogen-bond acceptors (Lipinski definition) is 8. The van der Waals surface area contributed by atoms with Crippen molar-refractivity contribution < 1.29 is 16.8 Å². The third-order valence-corrected chi connectivity index (χ3v) is 12.8. The van der Waals surface area contributed by atoms with Crippen molar-refractivity contribution in [1.82, 2.24) is 23.1 Å². The first kappa shape index (κ1) is 33.2. The number of rotatable bonds is 8. The highest BCUT2D eigenvalue weighted by Crippen LogP contribution is 2.37. The standard InChI is InChI=1S/C33H49N7O4S2/c1-24(2)37-18-20-38(21-19-37)29-8-6-25(7-9-29)27-22-30(34-28-12-16-40(17-13-28)46(5,43)44)32-31(23-27)36(3)33(35-32)26-10-14-39(15-11-26)45(4,41)42/h6-9,22-24,26,28,34H,10-21H2,1-5H3. The minimum Gasteiger partial charge on any atom is -0.380 e. The van der Waals surface area contributed by atoms with Crippen molar-refractivity contribution in [2.24, 2.45) is 7.05 Å². The van der Waals surface area contributed by atoms with Gasteiger partial charge in [0.05, 0.1) is 23.7 Å². The zero-order valence-electron chi connectivity index (χ0n) is 27.8. The van der Waals surface area contributed by atoms with Crippen molar-refractivity contribution in [3.63, 3.8) is 0 Å². The molecule has 0 aliphatic carbocycles. The molecule has 1 N–H and O–H groups in total. The van der Waals surface area contributed by atoms with Crippen molar-refractivity contribution in [1.29, 1.82) is 0 Å². The number of hydrogen-bond donors (Lipinski definition) is 1. The second kappa shape index (κ2) is 13.1. The second-order valence-corrected chi connectivity index (χ2v) is 17.6. The van der Waals surface area contributed by atoms with Gasteiger partial charge in [-0.15, -0.1) is 0 Å². The Kier molecular flexibility index (Phi) is 9.43. The Morgan fingerprint density at radius 3 is 1.87 bits per heavy atom. The van der Waals surface area contributed by atoms with Gasteiger partial charge in [-0.3, -0.25) is 4.90 Å². The van der Waals surface area contributed by atoms with E-state index in [1.165, 1.54) is 18.2 Å². The van der Waals surface area contributed by atoms with Crippen LogP contribution >= 0.6 is 0 Å². The van der Waals surface area contributed by atoms with Gasteiger partial charge in [0.25, 0.3) is 0 Å². The molecule has 0 amide bonds. The van der Waals surface area contributed by atoms with Crippen LogP contribution in [0.2, 0.25) is 0 Å². The Morgan fingerprint density at radius 1 is 0.761 bits per heavy atom. The van der Waals surface area contributed by atoms with E-state index in [-0.39, 0.29) is 12.0 Å². The first-order valence-corrected chi connectivity index (χ1v) is 20.2. The van der Waals surface area contributed by atoms with E-state index in [1.54, 1.807) is 8.61 Å². The maximum Gasteiger partial charge on any atom is 0.211 e. The monoisotopic (exact) mass is 671 g/mol. The molecule has 2 aromatic carbocycles. The van der Waals surface area contributed by atoms with Gasteiger partial charge in [-0.25, -0.2) is 30.4 Å². The average molecular weight is 672 g/mol. The summed E-state index contributed by atoms with van der Waals surface area (Å²) < 4.78 is 53.8. The topological polar surface area (TPSA) is 111 Å². The summed E-state index contributed by atoms with van der Waals surface area (Å²) in [6.07, 6.45) is 5.47. The van der Waals surface area contributed by atoms with Crippen LogP contribution in [-0.2, 0) is 27.1 Å². The lowest BCUT2D eigenvalue weighted by Gasteiger charge is -2.38. The molecule has 13 heteroatoms. The molecule has 3 aliphatic heterocycles. The fraction of sp³-hybridized carbons (Fsp3) is 0.606. The minimum atomic E-state index is -3.21. The average Bonchev–Trinajstić information content (AvgIpc) is 3.37. The summed E-state index contributed by atoms with van der Waals surface area (Å²) in [7, 11) is -4.35. The lowest BCUT2D eigenvalue weighted by atomic mass is 9.97. The Bertz CT molecular complexity index is 1750. The molecule has 3 saturated heterocycles. The Hall–Kier alpha value is -2.71. The number of aromatic nitrogens is 2. The molecule has 6 rings (SSSR count). The normalized spacial score (nSPS) is 20.6. The molecule has 11 nitrogen and oxygen atoms in total. The fourth-order valence-corrected chi connectivity index (χ4v) is 9.05. The Balaban J connectivity index is 1.29. The number of piperazine rings is 1. The molecule has 46 heavy (non-hydrogen) atoms. The number of benzene rings is 2. The first-order valence-electron chi connectivity index (χ1n) is 16.5. The first-order chi connectivity index (χ1) is 21.8. The minimum absolute atomic E-state index is 0.131. The number of imidazole rings is 1. The molecule has 0 spiro atoms. The number of nitrogens with one attached hydrogen (secondary N) is 1. The van der Waals surface area contributed by atoms with E-state index in [1.807, 2.05) is 0 Å². The molecule has 4 heterocycles. The van der Waals surface area contributed by atoms with Crippen LogP contribution in [0.5, 0.6) is 0 Å². The highest BCUT2D eigenvalue weighted by atomic mass is 32.2. The Labute approximate surface area is 274 Å². The van der Waals surface area contributed by atoms with E-state index in [4.69, 9.17) is 4.98 Å². The van der Waals surface area contributed by atoms with E-state index < -0.39 is 20.0 Å². The smallest absolute Gasteiger partial charge is 0.211 e. The largest absolute Gasteiger partial charge is 0.380 e. The number of fused-ring (bicyclic) bond motifs is 1. The van der Waals surface area contributed by atoms with Gasteiger partial charge in [-0.2, -0.15) is 0 Å². The predicted octanol–water partition coefficient (Wildman–Crippen LogP) is 3.75. The number of piperidine rings is 2. The van der Waals surface area contributed by atoms with Gasteiger partial charge >= 0.3 is 0 Å². The molecule has 3 fully saturated rings. The van der Waals surface area contributed by atoms with E-state index in [9.17, 15) is 16.8 Å². The highest BCUT2D eigenvalue weighted by molar-refractivity contribution is 7.88. The molecule has 0 saturated carbocycles. The van der Waals surface area contributed by atoms with Crippen LogP contribution < -0.4 is 10.2 Å². The lowest BCUT2D eigenvalue weighted by Crippen LogP contribution is -2.48. The van der Waals surface area contributed by atoms with Crippen LogP contribution in [0.15, 0.2) is 36.4 Å². The molecule has 252 valence electrons. The van der Waals surface area contributed by atoms with Crippen molar-refractivity contribution in [2.45, 2.75) is 57.5 Å². The molecule has 0 radical (unpaired) electrons. The van der Waals surface area contributed by atoms with Crippen LogP contribution in [0.1, 0.15) is 51.3 Å². The third-order valence-electron chi connectivity index (χ3n) is 10.2. The van der Waals surface area contributed by atoms with Crippen LogP contribution in [0.3, 0.4) is 0 Å². The van der Waals surface area contributed by atoms with Crippen LogP contribution in [0, 0.1) is 0 Å². The number of sulfonamides is 2. The van der Waals surface area contributed by atoms with E-state index >= 15 is 0 Å². The highest BCUT2D eigenvalue weighted by Gasteiger charge is 2.30. The van der Waals surface area contributed by atoms with Gasteiger partial charge in [-0.1, -0.05) is 12.1 Å². The van der Waals surface area contributed by atoms with Crippen LogP contribution in [0.4, 0.5) is 11.4 Å². The molecule has 1 aromatic heterocycles. The Morgan fingerprint density at radius 2 is 1.33 bits per heavy atom. The van der Waals surface area contributed by atoms with Gasteiger partial charge in [-0.05, 0) is 74.9 Å².